The number of pyridine rings is 2. The summed E-state index contributed by atoms with van der Waals surface area (Å²) in [6.07, 6.45) is 4.47. The lowest BCUT2D eigenvalue weighted by atomic mass is 10.0. The molecule has 32 heavy (non-hydrogen) atoms. The van der Waals surface area contributed by atoms with Crippen LogP contribution in [-0.4, -0.2) is 49.5 Å². The molecule has 0 spiro atoms. The second-order valence-electron chi connectivity index (χ2n) is 7.81. The highest BCUT2D eigenvalue weighted by Gasteiger charge is 2.15. The number of hydrogen-bond acceptors (Lipinski definition) is 6. The molecule has 0 amide bonds. The van der Waals surface area contributed by atoms with Gasteiger partial charge in [0.2, 0.25) is 0 Å². The van der Waals surface area contributed by atoms with Crippen LogP contribution in [0, 0.1) is 11.8 Å². The van der Waals surface area contributed by atoms with Crippen LogP contribution in [0.1, 0.15) is 25.7 Å². The van der Waals surface area contributed by atoms with E-state index in [1.807, 2.05) is 24.3 Å². The molecule has 176 valence electrons. The molecule has 2 aromatic heterocycles. The van der Waals surface area contributed by atoms with Crippen LogP contribution >= 0.6 is 55.1 Å². The van der Waals surface area contributed by atoms with Gasteiger partial charge in [0.25, 0.3) is 0 Å². The zero-order chi connectivity index (χ0) is 22.8. The fourth-order valence-electron chi connectivity index (χ4n) is 3.45. The average Bonchev–Trinajstić information content (AvgIpc) is 2.82. The van der Waals surface area contributed by atoms with Gasteiger partial charge in [-0.2, -0.15) is 0 Å². The van der Waals surface area contributed by atoms with Crippen molar-refractivity contribution < 1.29 is 9.47 Å². The number of rotatable bonds is 6. The summed E-state index contributed by atoms with van der Waals surface area (Å²) < 4.78 is 12.1. The van der Waals surface area contributed by atoms with E-state index in [9.17, 15) is 0 Å². The maximum atomic E-state index is 6.04. The van der Waals surface area contributed by atoms with Crippen molar-refractivity contribution in [1.82, 2.24) is 9.97 Å². The van der Waals surface area contributed by atoms with E-state index in [0.717, 1.165) is 81.4 Å². The largest absolute Gasteiger partial charge is 0.381 e. The van der Waals surface area contributed by atoms with Crippen molar-refractivity contribution in [3.05, 3.63) is 43.5 Å². The van der Waals surface area contributed by atoms with E-state index in [1.54, 1.807) is 0 Å². The minimum Gasteiger partial charge on any atom is -0.381 e. The van der Waals surface area contributed by atoms with Crippen molar-refractivity contribution in [3.8, 4) is 0 Å². The summed E-state index contributed by atoms with van der Waals surface area (Å²) in [4.78, 5) is 8.60. The number of ether oxygens (including phenoxy) is 2. The average molecular weight is 611 g/mol. The molecule has 2 aliphatic heterocycles. The van der Waals surface area contributed by atoms with Crippen LogP contribution < -0.4 is 10.6 Å². The van der Waals surface area contributed by atoms with Gasteiger partial charge in [0.05, 0.1) is 10.0 Å². The van der Waals surface area contributed by atoms with Crippen molar-refractivity contribution in [3.63, 3.8) is 0 Å². The van der Waals surface area contributed by atoms with Crippen LogP contribution in [0.2, 0.25) is 10.0 Å². The van der Waals surface area contributed by atoms with E-state index in [-0.39, 0.29) is 0 Å². The zero-order valence-electron chi connectivity index (χ0n) is 17.8. The molecule has 4 rings (SSSR count). The molecular formula is C22H28Br2Cl2N4O2. The normalized spacial score (nSPS) is 17.4. The summed E-state index contributed by atoms with van der Waals surface area (Å²) in [5.74, 6) is 2.96. The molecule has 2 N–H and O–H groups in total. The fourth-order valence-corrected chi connectivity index (χ4v) is 4.36. The molecule has 2 fully saturated rings. The molecule has 0 aliphatic carbocycles. The fraction of sp³-hybridized carbons (Fsp3) is 0.545. The summed E-state index contributed by atoms with van der Waals surface area (Å²) >= 11 is 18.6. The second kappa shape index (κ2) is 13.9. The van der Waals surface area contributed by atoms with Crippen LogP contribution in [0.5, 0.6) is 0 Å². The first kappa shape index (κ1) is 26.0. The van der Waals surface area contributed by atoms with E-state index in [1.165, 1.54) is 0 Å². The molecule has 0 bridgehead atoms. The molecule has 0 unspecified atom stereocenters. The van der Waals surface area contributed by atoms with E-state index < -0.39 is 0 Å². The first-order chi connectivity index (χ1) is 15.5. The van der Waals surface area contributed by atoms with Gasteiger partial charge in [0.15, 0.2) is 0 Å². The Hall–Kier alpha value is -0.640. The van der Waals surface area contributed by atoms with E-state index >= 15 is 0 Å². The van der Waals surface area contributed by atoms with Gasteiger partial charge in [-0.15, -0.1) is 0 Å². The van der Waals surface area contributed by atoms with E-state index in [4.69, 9.17) is 32.7 Å². The second-order valence-corrected chi connectivity index (χ2v) is 10.2. The third-order valence-corrected chi connectivity index (χ3v) is 7.31. The molecule has 2 aromatic rings. The standard InChI is InChI=1S/2C11H14BrClN2O/c12-11-9(13)1-2-10(15-11)14-7-8-3-5-16-6-4-8;12-10-2-1-9(13)11(15-10)14-7-8-3-5-16-6-4-8/h2*1-2,8H,3-7H2,(H,14,15). The number of anilines is 2. The lowest BCUT2D eigenvalue weighted by molar-refractivity contribution is 0.0698. The maximum absolute atomic E-state index is 6.04. The molecule has 10 heteroatoms. The van der Waals surface area contributed by atoms with Crippen LogP contribution in [0.4, 0.5) is 11.6 Å². The van der Waals surface area contributed by atoms with E-state index in [0.29, 0.717) is 26.5 Å². The van der Waals surface area contributed by atoms with Crippen molar-refractivity contribution in [2.45, 2.75) is 25.7 Å². The first-order valence-corrected chi connectivity index (χ1v) is 13.1. The van der Waals surface area contributed by atoms with Crippen molar-refractivity contribution >= 4 is 66.7 Å². The summed E-state index contributed by atoms with van der Waals surface area (Å²) in [7, 11) is 0. The van der Waals surface area contributed by atoms with Crippen LogP contribution in [0.15, 0.2) is 33.5 Å². The highest BCUT2D eigenvalue weighted by atomic mass is 79.9. The first-order valence-electron chi connectivity index (χ1n) is 10.8. The Kier molecular flexibility index (Phi) is 11.3. The minimum atomic E-state index is 0.636. The molecule has 0 aromatic carbocycles. The summed E-state index contributed by atoms with van der Waals surface area (Å²) in [6.45, 7) is 5.35. The lowest BCUT2D eigenvalue weighted by Gasteiger charge is -2.22. The molecule has 4 heterocycles. The van der Waals surface area contributed by atoms with Gasteiger partial charge >= 0.3 is 0 Å². The zero-order valence-corrected chi connectivity index (χ0v) is 22.4. The Bertz CT molecular complexity index is 851. The van der Waals surface area contributed by atoms with Gasteiger partial charge in [-0.3, -0.25) is 0 Å². The third kappa shape index (κ3) is 8.95. The Morgan fingerprint density at radius 2 is 1.34 bits per heavy atom. The maximum Gasteiger partial charge on any atom is 0.146 e. The van der Waals surface area contributed by atoms with Gasteiger partial charge in [0, 0.05) is 39.5 Å². The van der Waals surface area contributed by atoms with Crippen molar-refractivity contribution in [1.29, 1.82) is 0 Å². The van der Waals surface area contributed by atoms with Gasteiger partial charge in [0.1, 0.15) is 20.8 Å². The van der Waals surface area contributed by atoms with Crippen LogP contribution in [0.25, 0.3) is 0 Å². The van der Waals surface area contributed by atoms with Gasteiger partial charge < -0.3 is 20.1 Å². The highest BCUT2D eigenvalue weighted by Crippen LogP contribution is 2.24. The lowest BCUT2D eigenvalue weighted by Crippen LogP contribution is -2.23. The quantitative estimate of drug-likeness (QED) is 0.356. The smallest absolute Gasteiger partial charge is 0.146 e. The molecule has 6 nitrogen and oxygen atoms in total. The number of nitrogens with zero attached hydrogens (tertiary/aromatic N) is 2. The Labute approximate surface area is 216 Å². The molecule has 0 radical (unpaired) electrons. The van der Waals surface area contributed by atoms with Crippen LogP contribution in [0.3, 0.4) is 0 Å². The number of nitrogens with one attached hydrogen (secondary N) is 2. The monoisotopic (exact) mass is 608 g/mol. The SMILES string of the molecule is Clc1ccc(Br)nc1NCC1CCOCC1.Clc1ccc(NCC2CCOCC2)nc1Br. The molecule has 2 saturated heterocycles. The van der Waals surface area contributed by atoms with E-state index in [2.05, 4.69) is 52.5 Å². The predicted molar refractivity (Wildman–Crippen MR) is 138 cm³/mol. The summed E-state index contributed by atoms with van der Waals surface area (Å²) in [5.41, 5.74) is 0. The van der Waals surface area contributed by atoms with Gasteiger partial charge in [-0.1, -0.05) is 23.2 Å². The predicted octanol–water partition coefficient (Wildman–Crippen LogP) is 6.67. The topological polar surface area (TPSA) is 68.3 Å². The molecule has 0 saturated carbocycles. The van der Waals surface area contributed by atoms with Crippen molar-refractivity contribution in [2.24, 2.45) is 11.8 Å². The molecular weight excluding hydrogens is 583 g/mol. The number of hydrogen-bond donors (Lipinski definition) is 2. The van der Waals surface area contributed by atoms with Gasteiger partial charge in [-0.25, -0.2) is 9.97 Å². The minimum absolute atomic E-state index is 0.636. The summed E-state index contributed by atoms with van der Waals surface area (Å²) in [5, 5.41) is 7.92. The Balaban J connectivity index is 0.000000181. The summed E-state index contributed by atoms with van der Waals surface area (Å²) in [6, 6.07) is 7.41. The van der Waals surface area contributed by atoms with Gasteiger partial charge in [-0.05, 0) is 93.6 Å². The molecule has 2 aliphatic rings. The van der Waals surface area contributed by atoms with Crippen molar-refractivity contribution in [2.75, 3.05) is 50.2 Å². The molecule has 0 atom stereocenters. The number of aromatic nitrogens is 2. The Morgan fingerprint density at radius 3 is 1.94 bits per heavy atom. The van der Waals surface area contributed by atoms with Crippen LogP contribution in [-0.2, 0) is 9.47 Å². The highest BCUT2D eigenvalue weighted by molar-refractivity contribution is 9.10. The third-order valence-electron chi connectivity index (χ3n) is 5.43. The Morgan fingerprint density at radius 1 is 0.781 bits per heavy atom. The number of halogens is 4.